The zero-order valence-corrected chi connectivity index (χ0v) is 13.1. The van der Waals surface area contributed by atoms with Crippen LogP contribution in [0.3, 0.4) is 0 Å². The minimum atomic E-state index is 0.0683. The number of aliphatic hydroxyl groups is 1. The number of halogens is 1. The van der Waals surface area contributed by atoms with E-state index in [0.717, 1.165) is 23.0 Å². The molecule has 4 rings (SSSR count). The van der Waals surface area contributed by atoms with E-state index >= 15 is 0 Å². The Labute approximate surface area is 138 Å². The second-order valence-corrected chi connectivity index (χ2v) is 6.08. The first kappa shape index (κ1) is 14.1. The van der Waals surface area contributed by atoms with Crippen LogP contribution in [0.5, 0.6) is 0 Å². The van der Waals surface area contributed by atoms with Crippen LogP contribution in [0.25, 0.3) is 5.65 Å². The van der Waals surface area contributed by atoms with Gasteiger partial charge in [0.25, 0.3) is 0 Å². The van der Waals surface area contributed by atoms with Crippen LogP contribution in [-0.4, -0.2) is 25.7 Å². The molecule has 6 nitrogen and oxygen atoms in total. The van der Waals surface area contributed by atoms with E-state index in [1.54, 1.807) is 28.9 Å². The van der Waals surface area contributed by atoms with Crippen LogP contribution in [-0.2, 0) is 0 Å². The van der Waals surface area contributed by atoms with Crippen LogP contribution < -0.4 is 10.6 Å². The Morgan fingerprint density at radius 2 is 2.17 bits per heavy atom. The highest BCUT2D eigenvalue weighted by atomic mass is 35.5. The molecule has 1 fully saturated rings. The standard InChI is InChI=1S/C16H16ClN5O/c17-12-5-3-10(4-6-13(12)23)19-14-9-16(20-11-1-2-11)22-15(21-14)7-8-18-22/h4-9,11,20,23H,1-3H2,(H,19,21). The number of nitrogens with one attached hydrogen (secondary N) is 2. The van der Waals surface area contributed by atoms with Crippen molar-refractivity contribution in [3.8, 4) is 0 Å². The van der Waals surface area contributed by atoms with Crippen molar-refractivity contribution >= 4 is 28.9 Å². The van der Waals surface area contributed by atoms with Crippen molar-refractivity contribution in [3.63, 3.8) is 0 Å². The smallest absolute Gasteiger partial charge is 0.159 e. The molecule has 0 spiro atoms. The number of aromatic nitrogens is 3. The SMILES string of the molecule is OC1=CC=C(Nc2cc(NC3CC3)n3nccc3n2)CC=C1Cl. The van der Waals surface area contributed by atoms with Crippen LogP contribution >= 0.6 is 11.6 Å². The van der Waals surface area contributed by atoms with Crippen molar-refractivity contribution in [1.82, 2.24) is 14.6 Å². The molecule has 0 amide bonds. The number of aliphatic hydroxyl groups excluding tert-OH is 1. The predicted molar refractivity (Wildman–Crippen MR) is 90.6 cm³/mol. The Morgan fingerprint density at radius 3 is 3.00 bits per heavy atom. The Bertz CT molecular complexity index is 847. The van der Waals surface area contributed by atoms with E-state index in [-0.39, 0.29) is 5.76 Å². The third kappa shape index (κ3) is 3.03. The fraction of sp³-hybridized carbons (Fsp3) is 0.250. The molecule has 2 aromatic heterocycles. The third-order valence-corrected chi connectivity index (χ3v) is 4.11. The van der Waals surface area contributed by atoms with E-state index < -0.39 is 0 Å². The molecular formula is C16H16ClN5O. The zero-order chi connectivity index (χ0) is 15.8. The maximum Gasteiger partial charge on any atom is 0.159 e. The molecule has 2 aliphatic carbocycles. The van der Waals surface area contributed by atoms with Crippen molar-refractivity contribution in [2.75, 3.05) is 10.6 Å². The van der Waals surface area contributed by atoms with Crippen molar-refractivity contribution in [3.05, 3.63) is 53.0 Å². The molecular weight excluding hydrogens is 314 g/mol. The van der Waals surface area contributed by atoms with Gasteiger partial charge in [0.05, 0.1) is 11.2 Å². The lowest BCUT2D eigenvalue weighted by molar-refractivity contribution is 0.429. The molecule has 1 saturated carbocycles. The van der Waals surface area contributed by atoms with Gasteiger partial charge in [0.1, 0.15) is 17.4 Å². The summed E-state index contributed by atoms with van der Waals surface area (Å²) in [5.74, 6) is 1.72. The molecule has 118 valence electrons. The van der Waals surface area contributed by atoms with Crippen molar-refractivity contribution in [2.45, 2.75) is 25.3 Å². The molecule has 7 heteroatoms. The topological polar surface area (TPSA) is 74.5 Å². The summed E-state index contributed by atoms with van der Waals surface area (Å²) in [4.78, 5) is 4.56. The Balaban J connectivity index is 1.64. The Kier molecular flexibility index (Phi) is 3.46. The number of allylic oxidation sites excluding steroid dienone is 4. The molecule has 2 aromatic rings. The van der Waals surface area contributed by atoms with Crippen LogP contribution in [0.15, 0.2) is 53.0 Å². The van der Waals surface area contributed by atoms with Crippen molar-refractivity contribution in [2.24, 2.45) is 0 Å². The van der Waals surface area contributed by atoms with E-state index in [1.807, 2.05) is 12.1 Å². The Morgan fingerprint density at radius 1 is 1.30 bits per heavy atom. The number of nitrogens with zero attached hydrogens (tertiary/aromatic N) is 3. The first-order chi connectivity index (χ1) is 11.2. The minimum absolute atomic E-state index is 0.0683. The van der Waals surface area contributed by atoms with E-state index in [1.165, 1.54) is 12.8 Å². The fourth-order valence-corrected chi connectivity index (χ4v) is 2.55. The molecule has 2 heterocycles. The summed E-state index contributed by atoms with van der Waals surface area (Å²) >= 11 is 5.94. The molecule has 0 saturated heterocycles. The molecule has 0 aliphatic heterocycles. The van der Waals surface area contributed by atoms with Gasteiger partial charge in [0.15, 0.2) is 5.65 Å². The normalized spacial score (nSPS) is 18.0. The zero-order valence-electron chi connectivity index (χ0n) is 12.3. The van der Waals surface area contributed by atoms with Crippen molar-refractivity contribution < 1.29 is 5.11 Å². The lowest BCUT2D eigenvalue weighted by atomic mass is 10.3. The van der Waals surface area contributed by atoms with Crippen LogP contribution in [0.4, 0.5) is 11.6 Å². The lowest BCUT2D eigenvalue weighted by Crippen LogP contribution is -2.09. The fourth-order valence-electron chi connectivity index (χ4n) is 2.41. The number of anilines is 2. The summed E-state index contributed by atoms with van der Waals surface area (Å²) in [6, 6.07) is 4.34. The summed E-state index contributed by atoms with van der Waals surface area (Å²) in [5.41, 5.74) is 1.68. The van der Waals surface area contributed by atoms with Gasteiger partial charge in [-0.3, -0.25) is 0 Å². The van der Waals surface area contributed by atoms with Gasteiger partial charge in [-0.15, -0.1) is 0 Å². The molecule has 0 radical (unpaired) electrons. The number of hydrogen-bond donors (Lipinski definition) is 3. The average Bonchev–Trinajstić information content (AvgIpc) is 3.25. The molecule has 0 unspecified atom stereocenters. The predicted octanol–water partition coefficient (Wildman–Crippen LogP) is 3.57. The highest BCUT2D eigenvalue weighted by Crippen LogP contribution is 2.27. The number of rotatable bonds is 4. The van der Waals surface area contributed by atoms with Gasteiger partial charge in [-0.25, -0.2) is 4.98 Å². The quantitative estimate of drug-likeness (QED) is 0.799. The summed E-state index contributed by atoms with van der Waals surface area (Å²) in [6.45, 7) is 0. The van der Waals surface area contributed by atoms with Crippen LogP contribution in [0, 0.1) is 0 Å². The van der Waals surface area contributed by atoms with E-state index in [9.17, 15) is 5.11 Å². The summed E-state index contributed by atoms with van der Waals surface area (Å²) in [7, 11) is 0. The monoisotopic (exact) mass is 329 g/mol. The first-order valence-corrected chi connectivity index (χ1v) is 7.91. The van der Waals surface area contributed by atoms with Crippen LogP contribution in [0.1, 0.15) is 19.3 Å². The second-order valence-electron chi connectivity index (χ2n) is 5.67. The number of fused-ring (bicyclic) bond motifs is 1. The van der Waals surface area contributed by atoms with Crippen LogP contribution in [0.2, 0.25) is 0 Å². The number of hydrogen-bond acceptors (Lipinski definition) is 5. The van der Waals surface area contributed by atoms with Gasteiger partial charge >= 0.3 is 0 Å². The molecule has 3 N–H and O–H groups in total. The van der Waals surface area contributed by atoms with Gasteiger partial charge in [0, 0.05) is 30.3 Å². The lowest BCUT2D eigenvalue weighted by Gasteiger charge is -2.12. The highest BCUT2D eigenvalue weighted by Gasteiger charge is 2.22. The minimum Gasteiger partial charge on any atom is -0.506 e. The molecule has 0 bridgehead atoms. The maximum absolute atomic E-state index is 9.66. The van der Waals surface area contributed by atoms with E-state index in [2.05, 4.69) is 20.7 Å². The largest absolute Gasteiger partial charge is 0.506 e. The maximum atomic E-state index is 9.66. The van der Waals surface area contributed by atoms with Gasteiger partial charge in [-0.1, -0.05) is 17.7 Å². The summed E-state index contributed by atoms with van der Waals surface area (Å²) in [5, 5.41) is 21.1. The van der Waals surface area contributed by atoms with Gasteiger partial charge in [-0.2, -0.15) is 9.61 Å². The highest BCUT2D eigenvalue weighted by molar-refractivity contribution is 6.31. The Hall–Kier alpha value is -2.47. The molecule has 0 atom stereocenters. The van der Waals surface area contributed by atoms with E-state index in [0.29, 0.717) is 17.5 Å². The molecule has 2 aliphatic rings. The molecule has 23 heavy (non-hydrogen) atoms. The molecule has 0 aromatic carbocycles. The average molecular weight is 330 g/mol. The third-order valence-electron chi connectivity index (χ3n) is 3.77. The van der Waals surface area contributed by atoms with Crippen molar-refractivity contribution in [1.29, 1.82) is 0 Å². The van der Waals surface area contributed by atoms with E-state index in [4.69, 9.17) is 11.6 Å². The summed E-state index contributed by atoms with van der Waals surface area (Å²) in [6.07, 6.45) is 9.85. The second kappa shape index (κ2) is 5.62. The van der Waals surface area contributed by atoms with Gasteiger partial charge in [-0.05, 0) is 25.0 Å². The first-order valence-electron chi connectivity index (χ1n) is 7.53. The summed E-state index contributed by atoms with van der Waals surface area (Å²) < 4.78 is 1.80. The van der Waals surface area contributed by atoms with Gasteiger partial charge < -0.3 is 15.7 Å². The van der Waals surface area contributed by atoms with Gasteiger partial charge in [0.2, 0.25) is 0 Å².